The molecule has 0 aliphatic carbocycles. The van der Waals surface area contributed by atoms with Crippen molar-refractivity contribution in [2.24, 2.45) is 0 Å². The van der Waals surface area contributed by atoms with E-state index in [9.17, 15) is 22.7 Å². The van der Waals surface area contributed by atoms with Crippen LogP contribution in [0.4, 0.5) is 4.39 Å². The van der Waals surface area contributed by atoms with Gasteiger partial charge in [-0.2, -0.15) is 0 Å². The van der Waals surface area contributed by atoms with Crippen LogP contribution < -0.4 is 15.2 Å². The van der Waals surface area contributed by atoms with E-state index >= 15 is 0 Å². The average molecular weight is 530 g/mol. The van der Waals surface area contributed by atoms with Crippen molar-refractivity contribution in [1.29, 1.82) is 0 Å². The molecule has 0 saturated carbocycles. The zero-order chi connectivity index (χ0) is 26.7. The zero-order valence-electron chi connectivity index (χ0n) is 20.7. The zero-order valence-corrected chi connectivity index (χ0v) is 21.5. The fourth-order valence-electron chi connectivity index (χ4n) is 4.37. The van der Waals surface area contributed by atoms with Gasteiger partial charge in [0.1, 0.15) is 15.7 Å². The Morgan fingerprint density at radius 1 is 1.14 bits per heavy atom. The van der Waals surface area contributed by atoms with Crippen molar-refractivity contribution in [3.8, 4) is 22.6 Å². The molecular weight excluding hydrogens is 501 g/mol. The van der Waals surface area contributed by atoms with Gasteiger partial charge in [-0.3, -0.25) is 9.13 Å². The van der Waals surface area contributed by atoms with E-state index in [-0.39, 0.29) is 24.6 Å². The number of nitrogens with zero attached hydrogens (tertiary/aromatic N) is 3. The van der Waals surface area contributed by atoms with Crippen LogP contribution in [0.15, 0.2) is 59.5 Å². The molecule has 11 heteroatoms. The first kappa shape index (κ1) is 26.4. The minimum atomic E-state index is -3.57. The highest BCUT2D eigenvalue weighted by atomic mass is 32.2. The molecule has 2 aromatic carbocycles. The number of aliphatic hydroxyl groups is 1. The molecule has 0 unspecified atom stereocenters. The van der Waals surface area contributed by atoms with Gasteiger partial charge < -0.3 is 14.6 Å². The average Bonchev–Trinajstić information content (AvgIpc) is 3.13. The molecule has 2 heterocycles. The number of ether oxygens (including phenoxy) is 2. The van der Waals surface area contributed by atoms with Crippen LogP contribution in [-0.4, -0.2) is 60.0 Å². The van der Waals surface area contributed by atoms with Crippen molar-refractivity contribution >= 4 is 21.0 Å². The first-order valence-electron chi connectivity index (χ1n) is 11.6. The molecule has 4 aromatic rings. The maximum atomic E-state index is 14.5. The number of rotatable bonds is 10. The van der Waals surface area contributed by atoms with Crippen LogP contribution in [0.3, 0.4) is 0 Å². The third-order valence-electron chi connectivity index (χ3n) is 5.96. The monoisotopic (exact) mass is 529 g/mol. The molecule has 0 saturated heterocycles. The van der Waals surface area contributed by atoms with Gasteiger partial charge in [0, 0.05) is 23.6 Å². The molecule has 37 heavy (non-hydrogen) atoms. The number of sulfone groups is 1. The number of fused-ring (bicyclic) bond motifs is 1. The second-order valence-corrected chi connectivity index (χ2v) is 10.7. The Hall–Kier alpha value is -3.70. The van der Waals surface area contributed by atoms with Gasteiger partial charge in [0.15, 0.2) is 17.1 Å². The predicted molar refractivity (Wildman–Crippen MR) is 138 cm³/mol. The quantitative estimate of drug-likeness (QED) is 0.336. The van der Waals surface area contributed by atoms with E-state index in [1.165, 1.54) is 28.5 Å². The van der Waals surface area contributed by atoms with Crippen LogP contribution in [0.25, 0.3) is 22.3 Å². The fraction of sp³-hybridized carbons (Fsp3) is 0.308. The second kappa shape index (κ2) is 10.7. The van der Waals surface area contributed by atoms with Crippen molar-refractivity contribution in [1.82, 2.24) is 14.1 Å². The third kappa shape index (κ3) is 5.37. The summed E-state index contributed by atoms with van der Waals surface area (Å²) in [5.74, 6) is 0.0323. The number of halogens is 1. The smallest absolute Gasteiger partial charge is 0.331 e. The SMILES string of the molecule is CCOc1cc([C@@H](CS(C)(=O)=O)n2c(=O)n(CCO)c3cc(-c4ccccc4F)cnc32)ccc1OC. The maximum Gasteiger partial charge on any atom is 0.331 e. The van der Waals surface area contributed by atoms with Crippen molar-refractivity contribution in [3.05, 3.63) is 76.6 Å². The highest BCUT2D eigenvalue weighted by molar-refractivity contribution is 7.90. The molecule has 1 N–H and O–H groups in total. The number of hydrogen-bond donors (Lipinski definition) is 1. The van der Waals surface area contributed by atoms with E-state index in [0.717, 1.165) is 6.26 Å². The molecular formula is C26H28FN3O6S. The van der Waals surface area contributed by atoms with E-state index in [1.54, 1.807) is 42.5 Å². The van der Waals surface area contributed by atoms with Gasteiger partial charge in [-0.25, -0.2) is 22.6 Å². The summed E-state index contributed by atoms with van der Waals surface area (Å²) in [5.41, 5.74) is 1.25. The van der Waals surface area contributed by atoms with E-state index in [4.69, 9.17) is 9.47 Å². The lowest BCUT2D eigenvalue weighted by molar-refractivity contribution is 0.275. The number of aromatic nitrogens is 3. The van der Waals surface area contributed by atoms with E-state index < -0.39 is 27.4 Å². The lowest BCUT2D eigenvalue weighted by Crippen LogP contribution is -2.32. The molecule has 0 radical (unpaired) electrons. The Kier molecular flexibility index (Phi) is 7.65. The van der Waals surface area contributed by atoms with Gasteiger partial charge >= 0.3 is 5.69 Å². The van der Waals surface area contributed by atoms with Gasteiger partial charge in [0.2, 0.25) is 0 Å². The van der Waals surface area contributed by atoms with Gasteiger partial charge in [-0.05, 0) is 36.8 Å². The van der Waals surface area contributed by atoms with Gasteiger partial charge in [-0.1, -0.05) is 24.3 Å². The van der Waals surface area contributed by atoms with Gasteiger partial charge in [0.05, 0.1) is 44.2 Å². The van der Waals surface area contributed by atoms with Crippen molar-refractivity contribution in [3.63, 3.8) is 0 Å². The topological polar surface area (TPSA) is 113 Å². The Balaban J connectivity index is 1.98. The van der Waals surface area contributed by atoms with Gasteiger partial charge in [0.25, 0.3) is 0 Å². The Labute approximate surface area is 213 Å². The first-order chi connectivity index (χ1) is 17.7. The molecule has 1 atom stereocenters. The summed E-state index contributed by atoms with van der Waals surface area (Å²) < 4.78 is 53.1. The molecule has 0 aliphatic rings. The number of benzene rings is 2. The van der Waals surface area contributed by atoms with E-state index in [2.05, 4.69) is 4.98 Å². The summed E-state index contributed by atoms with van der Waals surface area (Å²) >= 11 is 0. The van der Waals surface area contributed by atoms with Crippen LogP contribution in [0, 0.1) is 5.82 Å². The first-order valence-corrected chi connectivity index (χ1v) is 13.7. The fourth-order valence-corrected chi connectivity index (χ4v) is 5.28. The Morgan fingerprint density at radius 3 is 2.54 bits per heavy atom. The van der Waals surface area contributed by atoms with E-state index in [0.29, 0.717) is 40.3 Å². The lowest BCUT2D eigenvalue weighted by atomic mass is 10.1. The highest BCUT2D eigenvalue weighted by Gasteiger charge is 2.27. The molecule has 0 spiro atoms. The molecule has 0 bridgehead atoms. The van der Waals surface area contributed by atoms with Crippen molar-refractivity contribution in [2.45, 2.75) is 19.5 Å². The highest BCUT2D eigenvalue weighted by Crippen LogP contribution is 2.33. The molecule has 0 fully saturated rings. The van der Waals surface area contributed by atoms with E-state index in [1.807, 2.05) is 6.92 Å². The summed E-state index contributed by atoms with van der Waals surface area (Å²) in [6, 6.07) is 11.8. The number of methoxy groups -OCH3 is 1. The molecule has 196 valence electrons. The van der Waals surface area contributed by atoms with Crippen LogP contribution in [0.1, 0.15) is 18.5 Å². The van der Waals surface area contributed by atoms with Gasteiger partial charge in [-0.15, -0.1) is 0 Å². The minimum Gasteiger partial charge on any atom is -0.493 e. The van der Waals surface area contributed by atoms with Crippen LogP contribution in [0.5, 0.6) is 11.5 Å². The number of hydrogen-bond acceptors (Lipinski definition) is 7. The predicted octanol–water partition coefficient (Wildman–Crippen LogP) is 3.04. The molecule has 0 aliphatic heterocycles. The molecule has 9 nitrogen and oxygen atoms in total. The molecule has 4 rings (SSSR count). The maximum absolute atomic E-state index is 14.5. The van der Waals surface area contributed by atoms with Crippen LogP contribution >= 0.6 is 0 Å². The Bertz CT molecular complexity index is 1600. The van der Waals surface area contributed by atoms with Crippen LogP contribution in [-0.2, 0) is 16.4 Å². The normalized spacial score (nSPS) is 12.6. The summed E-state index contributed by atoms with van der Waals surface area (Å²) in [6.07, 6.45) is 2.53. The lowest BCUT2D eigenvalue weighted by Gasteiger charge is -2.20. The number of imidazole rings is 1. The van der Waals surface area contributed by atoms with Crippen molar-refractivity contribution < 1.29 is 27.4 Å². The second-order valence-electron chi connectivity index (χ2n) is 8.53. The summed E-state index contributed by atoms with van der Waals surface area (Å²) in [6.45, 7) is 1.77. The summed E-state index contributed by atoms with van der Waals surface area (Å²) in [5, 5.41) is 9.66. The number of aliphatic hydroxyl groups excluding tert-OH is 1. The minimum absolute atomic E-state index is 0.0524. The largest absolute Gasteiger partial charge is 0.493 e. The summed E-state index contributed by atoms with van der Waals surface area (Å²) in [4.78, 5) is 18.2. The number of pyridine rings is 1. The van der Waals surface area contributed by atoms with Crippen molar-refractivity contribution in [2.75, 3.05) is 32.3 Å². The molecule has 0 amide bonds. The third-order valence-corrected chi connectivity index (χ3v) is 6.88. The molecule has 2 aromatic heterocycles. The summed E-state index contributed by atoms with van der Waals surface area (Å²) in [7, 11) is -2.08. The van der Waals surface area contributed by atoms with Crippen LogP contribution in [0.2, 0.25) is 0 Å². The standard InChI is InChI=1S/C26H28FN3O6S/c1-4-36-24-14-17(9-10-23(24)35-2)22(16-37(3,33)34)30-25-21(29(11-12-31)26(30)32)13-18(15-28-25)19-7-5-6-8-20(19)27/h5-10,13-15,22,31H,4,11-12,16H2,1-3H3/t22-/m1/s1. The Morgan fingerprint density at radius 2 is 1.89 bits per heavy atom.